The fourth-order valence-corrected chi connectivity index (χ4v) is 3.84. The minimum atomic E-state index is 1.02. The van der Waals surface area contributed by atoms with Crippen molar-refractivity contribution in [3.63, 3.8) is 0 Å². The average molecular weight is 311 g/mol. The third-order valence-electron chi connectivity index (χ3n) is 5.26. The van der Waals surface area contributed by atoms with Gasteiger partial charge < -0.3 is 0 Å². The highest BCUT2D eigenvalue weighted by molar-refractivity contribution is 4.68. The van der Waals surface area contributed by atoms with E-state index in [9.17, 15) is 0 Å². The Kier molecular flexibility index (Phi) is 17.4. The van der Waals surface area contributed by atoms with Crippen molar-refractivity contribution >= 4 is 0 Å². The molecule has 2 atom stereocenters. The van der Waals surface area contributed by atoms with E-state index in [0.29, 0.717) is 0 Å². The van der Waals surface area contributed by atoms with Gasteiger partial charge in [0.25, 0.3) is 0 Å². The Morgan fingerprint density at radius 2 is 0.864 bits per heavy atom. The molecule has 2 unspecified atom stereocenters. The van der Waals surface area contributed by atoms with Crippen LogP contribution in [0.25, 0.3) is 0 Å². The van der Waals surface area contributed by atoms with Crippen LogP contribution in [0.4, 0.5) is 0 Å². The molecule has 0 rings (SSSR count). The summed E-state index contributed by atoms with van der Waals surface area (Å²) in [4.78, 5) is 0. The fourth-order valence-electron chi connectivity index (χ4n) is 3.84. The van der Waals surface area contributed by atoms with Crippen LogP contribution in [0.5, 0.6) is 0 Å². The lowest BCUT2D eigenvalue weighted by Gasteiger charge is -2.23. The first-order valence-corrected chi connectivity index (χ1v) is 10.8. The Labute approximate surface area is 142 Å². The lowest BCUT2D eigenvalue weighted by Crippen LogP contribution is -2.10. The maximum absolute atomic E-state index is 2.37. The molecule has 0 aliphatic carbocycles. The zero-order valence-electron chi connectivity index (χ0n) is 16.5. The summed E-state index contributed by atoms with van der Waals surface area (Å²) in [6.07, 6.45) is 23.2. The van der Waals surface area contributed by atoms with Gasteiger partial charge in [0.05, 0.1) is 0 Å². The Morgan fingerprint density at radius 1 is 0.409 bits per heavy atom. The monoisotopic (exact) mass is 310 g/mol. The van der Waals surface area contributed by atoms with Gasteiger partial charge in [0.2, 0.25) is 0 Å². The molecule has 0 nitrogen and oxygen atoms in total. The molecule has 0 aromatic carbocycles. The van der Waals surface area contributed by atoms with E-state index < -0.39 is 0 Å². The van der Waals surface area contributed by atoms with Gasteiger partial charge in [-0.05, 0) is 18.3 Å². The summed E-state index contributed by atoms with van der Waals surface area (Å²) in [5.74, 6) is 2.05. The molecular weight excluding hydrogens is 264 g/mol. The zero-order chi connectivity index (χ0) is 16.5. The predicted molar refractivity (Wildman–Crippen MR) is 104 cm³/mol. The molecule has 0 radical (unpaired) electrons. The Hall–Kier alpha value is 0. The SMILES string of the molecule is CCCCCCCCC(CCCC)CC(CCC)CCCC. The topological polar surface area (TPSA) is 0 Å². The smallest absolute Gasteiger partial charge is 0.0412 e. The summed E-state index contributed by atoms with van der Waals surface area (Å²) in [6.45, 7) is 9.37. The summed E-state index contributed by atoms with van der Waals surface area (Å²) >= 11 is 0. The van der Waals surface area contributed by atoms with Gasteiger partial charge in [-0.3, -0.25) is 0 Å². The van der Waals surface area contributed by atoms with Crippen LogP contribution in [0, 0.1) is 11.8 Å². The summed E-state index contributed by atoms with van der Waals surface area (Å²) in [7, 11) is 0. The molecule has 0 aromatic heterocycles. The van der Waals surface area contributed by atoms with Crippen molar-refractivity contribution in [3.05, 3.63) is 0 Å². The van der Waals surface area contributed by atoms with Crippen LogP contribution in [0.3, 0.4) is 0 Å². The second kappa shape index (κ2) is 17.4. The van der Waals surface area contributed by atoms with Crippen molar-refractivity contribution in [2.24, 2.45) is 11.8 Å². The second-order valence-corrected chi connectivity index (χ2v) is 7.60. The second-order valence-electron chi connectivity index (χ2n) is 7.60. The van der Waals surface area contributed by atoms with Gasteiger partial charge in [-0.2, -0.15) is 0 Å². The van der Waals surface area contributed by atoms with E-state index in [1.54, 1.807) is 0 Å². The standard InChI is InChI=1S/C22H46/c1-5-9-12-13-14-15-19-22(18-11-7-3)20-21(16-8-4)17-10-6-2/h21-22H,5-20H2,1-4H3. The van der Waals surface area contributed by atoms with Crippen LogP contribution >= 0.6 is 0 Å². The summed E-state index contributed by atoms with van der Waals surface area (Å²) in [6, 6.07) is 0. The third-order valence-corrected chi connectivity index (χ3v) is 5.26. The molecule has 0 fully saturated rings. The van der Waals surface area contributed by atoms with Crippen molar-refractivity contribution in [1.82, 2.24) is 0 Å². The Balaban J connectivity index is 4.05. The maximum atomic E-state index is 2.37. The van der Waals surface area contributed by atoms with Crippen molar-refractivity contribution < 1.29 is 0 Å². The molecule has 0 saturated heterocycles. The third kappa shape index (κ3) is 13.6. The van der Waals surface area contributed by atoms with Crippen LogP contribution in [0.15, 0.2) is 0 Å². The predicted octanol–water partition coefficient (Wildman–Crippen LogP) is 8.54. The fraction of sp³-hybridized carbons (Fsp3) is 1.00. The highest BCUT2D eigenvalue weighted by Crippen LogP contribution is 2.29. The molecule has 0 bridgehead atoms. The first kappa shape index (κ1) is 22.0. The van der Waals surface area contributed by atoms with Crippen LogP contribution in [0.1, 0.15) is 130 Å². The van der Waals surface area contributed by atoms with E-state index in [-0.39, 0.29) is 0 Å². The van der Waals surface area contributed by atoms with E-state index in [1.165, 1.54) is 103 Å². The summed E-state index contributed by atoms with van der Waals surface area (Å²) in [5.41, 5.74) is 0. The van der Waals surface area contributed by atoms with Crippen molar-refractivity contribution in [3.8, 4) is 0 Å². The summed E-state index contributed by atoms with van der Waals surface area (Å²) < 4.78 is 0. The van der Waals surface area contributed by atoms with Crippen molar-refractivity contribution in [1.29, 1.82) is 0 Å². The van der Waals surface area contributed by atoms with Gasteiger partial charge in [0, 0.05) is 0 Å². The molecule has 22 heavy (non-hydrogen) atoms. The van der Waals surface area contributed by atoms with Crippen molar-refractivity contribution in [2.75, 3.05) is 0 Å². The van der Waals surface area contributed by atoms with E-state index >= 15 is 0 Å². The van der Waals surface area contributed by atoms with Gasteiger partial charge in [-0.25, -0.2) is 0 Å². The summed E-state index contributed by atoms with van der Waals surface area (Å²) in [5, 5.41) is 0. The van der Waals surface area contributed by atoms with Gasteiger partial charge in [-0.15, -0.1) is 0 Å². The lowest BCUT2D eigenvalue weighted by molar-refractivity contribution is 0.290. The van der Waals surface area contributed by atoms with Crippen LogP contribution in [-0.2, 0) is 0 Å². The highest BCUT2D eigenvalue weighted by Gasteiger charge is 2.15. The van der Waals surface area contributed by atoms with Crippen LogP contribution in [-0.4, -0.2) is 0 Å². The molecule has 0 saturated carbocycles. The van der Waals surface area contributed by atoms with E-state index in [0.717, 1.165) is 11.8 Å². The molecule has 0 aromatic rings. The molecule has 0 aliphatic heterocycles. The number of hydrogen-bond donors (Lipinski definition) is 0. The lowest BCUT2D eigenvalue weighted by atomic mass is 9.82. The highest BCUT2D eigenvalue weighted by atomic mass is 14.2. The van der Waals surface area contributed by atoms with E-state index in [2.05, 4.69) is 27.7 Å². The number of unbranched alkanes of at least 4 members (excludes halogenated alkanes) is 7. The van der Waals surface area contributed by atoms with Crippen LogP contribution < -0.4 is 0 Å². The van der Waals surface area contributed by atoms with Gasteiger partial charge in [0.1, 0.15) is 0 Å². The molecular formula is C22H46. The molecule has 0 aliphatic rings. The normalized spacial score (nSPS) is 14.2. The first-order valence-electron chi connectivity index (χ1n) is 10.8. The first-order chi connectivity index (χ1) is 10.8. The van der Waals surface area contributed by atoms with E-state index in [4.69, 9.17) is 0 Å². The number of hydrogen-bond acceptors (Lipinski definition) is 0. The quantitative estimate of drug-likeness (QED) is 0.236. The Bertz CT molecular complexity index is 196. The Morgan fingerprint density at radius 3 is 1.41 bits per heavy atom. The molecule has 0 spiro atoms. The molecule has 134 valence electrons. The van der Waals surface area contributed by atoms with E-state index in [1.807, 2.05) is 0 Å². The molecule has 0 amide bonds. The van der Waals surface area contributed by atoms with Gasteiger partial charge in [-0.1, -0.05) is 124 Å². The molecule has 0 heterocycles. The van der Waals surface area contributed by atoms with Gasteiger partial charge >= 0.3 is 0 Å². The largest absolute Gasteiger partial charge is 0.0654 e. The maximum Gasteiger partial charge on any atom is -0.0412 e. The van der Waals surface area contributed by atoms with Crippen molar-refractivity contribution in [2.45, 2.75) is 130 Å². The van der Waals surface area contributed by atoms with Crippen LogP contribution in [0.2, 0.25) is 0 Å². The minimum absolute atomic E-state index is 1.02. The minimum Gasteiger partial charge on any atom is -0.0654 e. The average Bonchev–Trinajstić information content (AvgIpc) is 2.53. The number of rotatable bonds is 17. The van der Waals surface area contributed by atoms with Gasteiger partial charge in [0.15, 0.2) is 0 Å². The molecule has 0 heteroatoms. The molecule has 0 N–H and O–H groups in total. The zero-order valence-corrected chi connectivity index (χ0v) is 16.5.